The van der Waals surface area contributed by atoms with Crippen LogP contribution >= 0.6 is 15.9 Å². The molecule has 5 rings (SSSR count). The van der Waals surface area contributed by atoms with Crippen LogP contribution in [-0.4, -0.2) is 34.1 Å². The van der Waals surface area contributed by atoms with Gasteiger partial charge in [-0.2, -0.15) is 0 Å². The third kappa shape index (κ3) is 3.09. The van der Waals surface area contributed by atoms with Gasteiger partial charge in [-0.1, -0.05) is 40.2 Å². The second kappa shape index (κ2) is 7.17. The highest BCUT2D eigenvalue weighted by molar-refractivity contribution is 9.10. The van der Waals surface area contributed by atoms with Crippen molar-refractivity contribution in [1.29, 1.82) is 0 Å². The maximum atomic E-state index is 13.0. The van der Waals surface area contributed by atoms with Crippen molar-refractivity contribution in [3.05, 3.63) is 58.6 Å². The third-order valence-electron chi connectivity index (χ3n) is 5.05. The van der Waals surface area contributed by atoms with Crippen molar-refractivity contribution >= 4 is 48.4 Å². The maximum Gasteiger partial charge on any atom is 0.327 e. The van der Waals surface area contributed by atoms with E-state index in [9.17, 15) is 13.2 Å². The SMILES string of the molecule is O=C(CN1c2cccc3cccc(c23)S1(=O)=O)OCc1cc2c(cc1Br)OCCO2. The smallest absolute Gasteiger partial charge is 0.327 e. The monoisotopic (exact) mass is 489 g/mol. The van der Waals surface area contributed by atoms with Crippen LogP contribution in [-0.2, 0) is 26.2 Å². The molecule has 0 saturated heterocycles. The highest BCUT2D eigenvalue weighted by atomic mass is 79.9. The lowest BCUT2D eigenvalue weighted by atomic mass is 10.1. The minimum absolute atomic E-state index is 0.0267. The van der Waals surface area contributed by atoms with Gasteiger partial charge in [-0.15, -0.1) is 0 Å². The zero-order valence-electron chi connectivity index (χ0n) is 15.6. The first kappa shape index (κ1) is 19.2. The van der Waals surface area contributed by atoms with Crippen LogP contribution in [0, 0.1) is 0 Å². The molecule has 3 aromatic carbocycles. The minimum Gasteiger partial charge on any atom is -0.486 e. The fourth-order valence-electron chi connectivity index (χ4n) is 3.67. The van der Waals surface area contributed by atoms with Gasteiger partial charge in [0.05, 0.1) is 10.6 Å². The number of halogens is 1. The molecule has 0 aliphatic carbocycles. The van der Waals surface area contributed by atoms with Gasteiger partial charge in [-0.3, -0.25) is 9.10 Å². The Morgan fingerprint density at radius 1 is 1.07 bits per heavy atom. The van der Waals surface area contributed by atoms with Crippen molar-refractivity contribution in [1.82, 2.24) is 0 Å². The Kier molecular flexibility index (Phi) is 4.59. The van der Waals surface area contributed by atoms with E-state index in [0.29, 0.717) is 45.8 Å². The second-order valence-corrected chi connectivity index (χ2v) is 9.58. The first-order valence-corrected chi connectivity index (χ1v) is 11.5. The molecule has 2 aliphatic heterocycles. The Bertz CT molecular complexity index is 1280. The molecular formula is C21H16BrNO6S. The molecule has 7 nitrogen and oxygen atoms in total. The van der Waals surface area contributed by atoms with Crippen LogP contribution < -0.4 is 13.8 Å². The average Bonchev–Trinajstić information content (AvgIpc) is 2.95. The number of carbonyl (C=O) groups is 1. The van der Waals surface area contributed by atoms with E-state index in [1.807, 2.05) is 12.1 Å². The van der Waals surface area contributed by atoms with Crippen LogP contribution in [0.3, 0.4) is 0 Å². The van der Waals surface area contributed by atoms with Crippen LogP contribution in [0.5, 0.6) is 11.5 Å². The number of fused-ring (bicyclic) bond motifs is 1. The summed E-state index contributed by atoms with van der Waals surface area (Å²) in [7, 11) is -3.81. The van der Waals surface area contributed by atoms with Gasteiger partial charge in [0.15, 0.2) is 11.5 Å². The number of hydrogen-bond donors (Lipinski definition) is 0. The Hall–Kier alpha value is -2.78. The summed E-state index contributed by atoms with van der Waals surface area (Å²) >= 11 is 3.44. The molecule has 2 aliphatic rings. The lowest BCUT2D eigenvalue weighted by Crippen LogP contribution is -2.33. The summed E-state index contributed by atoms with van der Waals surface area (Å²) in [6, 6.07) is 13.9. The van der Waals surface area contributed by atoms with Crippen molar-refractivity contribution in [2.45, 2.75) is 11.5 Å². The molecular weight excluding hydrogens is 474 g/mol. The molecule has 0 atom stereocenters. The van der Waals surface area contributed by atoms with Gasteiger partial charge in [0.25, 0.3) is 10.0 Å². The zero-order valence-corrected chi connectivity index (χ0v) is 18.0. The molecule has 154 valence electrons. The molecule has 0 unspecified atom stereocenters. The quantitative estimate of drug-likeness (QED) is 0.520. The topological polar surface area (TPSA) is 82.1 Å². The number of nitrogens with zero attached hydrogens (tertiary/aromatic N) is 1. The van der Waals surface area contributed by atoms with Gasteiger partial charge in [0.1, 0.15) is 26.4 Å². The number of sulfonamides is 1. The van der Waals surface area contributed by atoms with Gasteiger partial charge < -0.3 is 14.2 Å². The summed E-state index contributed by atoms with van der Waals surface area (Å²) in [6.07, 6.45) is 0. The molecule has 0 radical (unpaired) electrons. The second-order valence-electron chi connectivity index (χ2n) is 6.89. The van der Waals surface area contributed by atoms with E-state index < -0.39 is 22.5 Å². The minimum atomic E-state index is -3.81. The number of benzene rings is 3. The van der Waals surface area contributed by atoms with Crippen LogP contribution in [0.2, 0.25) is 0 Å². The van der Waals surface area contributed by atoms with Crippen molar-refractivity contribution in [2.24, 2.45) is 0 Å². The number of anilines is 1. The van der Waals surface area contributed by atoms with Gasteiger partial charge in [-0.25, -0.2) is 8.42 Å². The molecule has 30 heavy (non-hydrogen) atoms. The van der Waals surface area contributed by atoms with Crippen molar-refractivity contribution in [2.75, 3.05) is 24.1 Å². The Morgan fingerprint density at radius 2 is 1.77 bits per heavy atom. The molecule has 0 saturated carbocycles. The third-order valence-corrected chi connectivity index (χ3v) is 7.59. The predicted octanol–water partition coefficient (Wildman–Crippen LogP) is 3.63. The lowest BCUT2D eigenvalue weighted by molar-refractivity contribution is -0.143. The summed E-state index contributed by atoms with van der Waals surface area (Å²) in [5.74, 6) is 0.558. The summed E-state index contributed by atoms with van der Waals surface area (Å²) < 4.78 is 44.2. The van der Waals surface area contributed by atoms with Gasteiger partial charge >= 0.3 is 5.97 Å². The number of ether oxygens (including phenoxy) is 3. The van der Waals surface area contributed by atoms with Crippen LogP contribution in [0.1, 0.15) is 5.56 Å². The molecule has 2 heterocycles. The summed E-state index contributed by atoms with van der Waals surface area (Å²) in [6.45, 7) is 0.499. The van der Waals surface area contributed by atoms with Crippen molar-refractivity contribution in [3.63, 3.8) is 0 Å². The normalized spacial score (nSPS) is 16.0. The molecule has 3 aromatic rings. The van der Waals surface area contributed by atoms with E-state index in [2.05, 4.69) is 15.9 Å². The summed E-state index contributed by atoms with van der Waals surface area (Å²) in [5.41, 5.74) is 1.18. The van der Waals surface area contributed by atoms with E-state index in [-0.39, 0.29) is 11.5 Å². The first-order chi connectivity index (χ1) is 14.4. The molecule has 9 heteroatoms. The molecule has 0 spiro atoms. The molecule has 0 bridgehead atoms. The van der Waals surface area contributed by atoms with Crippen LogP contribution in [0.25, 0.3) is 10.8 Å². The Labute approximate surface area is 181 Å². The van der Waals surface area contributed by atoms with E-state index in [4.69, 9.17) is 14.2 Å². The van der Waals surface area contributed by atoms with Gasteiger partial charge in [0, 0.05) is 15.4 Å². The molecule has 0 amide bonds. The van der Waals surface area contributed by atoms with Gasteiger partial charge in [-0.05, 0) is 29.7 Å². The number of esters is 1. The standard InChI is InChI=1S/C21H16BrNO6S/c22-15-10-18-17(27-7-8-28-18)9-14(15)12-29-20(24)11-23-16-5-1-3-13-4-2-6-19(21(13)16)30(23,25)26/h1-6,9-10H,7-8,11-12H2. The Morgan fingerprint density at radius 3 is 2.53 bits per heavy atom. The summed E-state index contributed by atoms with van der Waals surface area (Å²) in [5, 5.41) is 1.44. The largest absolute Gasteiger partial charge is 0.486 e. The summed E-state index contributed by atoms with van der Waals surface area (Å²) in [4.78, 5) is 12.7. The molecule has 0 aromatic heterocycles. The van der Waals surface area contributed by atoms with E-state index in [1.54, 1.807) is 36.4 Å². The highest BCUT2D eigenvalue weighted by Crippen LogP contribution is 2.42. The highest BCUT2D eigenvalue weighted by Gasteiger charge is 2.37. The van der Waals surface area contributed by atoms with E-state index >= 15 is 0 Å². The maximum absolute atomic E-state index is 13.0. The van der Waals surface area contributed by atoms with Crippen LogP contribution in [0.4, 0.5) is 5.69 Å². The molecule has 0 N–H and O–H groups in total. The van der Waals surface area contributed by atoms with E-state index in [1.165, 1.54) is 0 Å². The van der Waals surface area contributed by atoms with Crippen molar-refractivity contribution < 1.29 is 27.4 Å². The van der Waals surface area contributed by atoms with Crippen LogP contribution in [0.15, 0.2) is 57.9 Å². The first-order valence-electron chi connectivity index (χ1n) is 9.23. The number of carbonyl (C=O) groups excluding carboxylic acids is 1. The number of hydrogen-bond acceptors (Lipinski definition) is 6. The zero-order chi connectivity index (χ0) is 20.9. The number of rotatable bonds is 4. The van der Waals surface area contributed by atoms with Crippen molar-refractivity contribution in [3.8, 4) is 11.5 Å². The van der Waals surface area contributed by atoms with Gasteiger partial charge in [0.2, 0.25) is 0 Å². The predicted molar refractivity (Wildman–Crippen MR) is 113 cm³/mol. The fourth-order valence-corrected chi connectivity index (χ4v) is 5.76. The fraction of sp³-hybridized carbons (Fsp3) is 0.190. The molecule has 0 fully saturated rings. The Balaban J connectivity index is 1.35. The average molecular weight is 490 g/mol. The lowest BCUT2D eigenvalue weighted by Gasteiger charge is -2.20. The van der Waals surface area contributed by atoms with E-state index in [0.717, 1.165) is 9.69 Å².